The Balaban J connectivity index is 1.31. The summed E-state index contributed by atoms with van der Waals surface area (Å²) >= 11 is 0.587. The largest absolute Gasteiger partial charge is 0.418 e. The third-order valence-electron chi connectivity index (χ3n) is 8.30. The highest BCUT2D eigenvalue weighted by molar-refractivity contribution is 7.99. The van der Waals surface area contributed by atoms with Crippen molar-refractivity contribution in [1.82, 2.24) is 9.80 Å². The molecule has 0 atom stereocenters. The van der Waals surface area contributed by atoms with Gasteiger partial charge in [-0.25, -0.2) is 0 Å². The normalized spacial score (nSPS) is 19.1. The van der Waals surface area contributed by atoms with Crippen LogP contribution in [0.1, 0.15) is 42.4 Å². The summed E-state index contributed by atoms with van der Waals surface area (Å²) in [6.45, 7) is 3.35. The first kappa shape index (κ1) is 34.1. The van der Waals surface area contributed by atoms with E-state index in [0.717, 1.165) is 37.1 Å². The van der Waals surface area contributed by atoms with Crippen LogP contribution in [0.15, 0.2) is 52.3 Å². The highest BCUT2D eigenvalue weighted by Crippen LogP contribution is 2.48. The summed E-state index contributed by atoms with van der Waals surface area (Å²) in [7, 11) is 0. The summed E-state index contributed by atoms with van der Waals surface area (Å²) in [6, 6.07) is 8.50. The van der Waals surface area contributed by atoms with Crippen molar-refractivity contribution in [1.29, 1.82) is 0 Å². The maximum Gasteiger partial charge on any atom is 0.418 e. The molecule has 7 nitrogen and oxygen atoms in total. The zero-order valence-electron chi connectivity index (χ0n) is 25.0. The van der Waals surface area contributed by atoms with Crippen molar-refractivity contribution >= 4 is 35.3 Å². The van der Waals surface area contributed by atoms with Crippen LogP contribution in [-0.2, 0) is 31.4 Å². The quantitative estimate of drug-likeness (QED) is 0.265. The summed E-state index contributed by atoms with van der Waals surface area (Å²) in [5, 5.41) is 3.36. The van der Waals surface area contributed by atoms with Gasteiger partial charge in [0, 0.05) is 72.9 Å². The first-order valence-electron chi connectivity index (χ1n) is 15.2. The van der Waals surface area contributed by atoms with Crippen LogP contribution in [0, 0.1) is 5.92 Å². The van der Waals surface area contributed by atoms with Crippen molar-refractivity contribution in [2.24, 2.45) is 5.92 Å². The Morgan fingerprint density at radius 2 is 1.46 bits per heavy atom. The monoisotopic (exact) mass is 671 g/mol. The number of ether oxygens (including phenoxy) is 2. The van der Waals surface area contributed by atoms with E-state index in [9.17, 15) is 35.9 Å². The Bertz CT molecular complexity index is 1410. The fourth-order valence-electron chi connectivity index (χ4n) is 5.92. The summed E-state index contributed by atoms with van der Waals surface area (Å²) in [5.41, 5.74) is -3.77. The summed E-state index contributed by atoms with van der Waals surface area (Å²) < 4.78 is 96.3. The Kier molecular flexibility index (Phi) is 10.9. The number of halogens is 6. The number of benzene rings is 2. The molecule has 1 N–H and O–H groups in total. The highest BCUT2D eigenvalue weighted by Gasteiger charge is 2.46. The van der Waals surface area contributed by atoms with E-state index in [2.05, 4.69) is 5.32 Å². The van der Waals surface area contributed by atoms with Gasteiger partial charge in [0.25, 0.3) is 0 Å². The van der Waals surface area contributed by atoms with Crippen LogP contribution in [0.25, 0.3) is 6.08 Å². The molecule has 3 saturated heterocycles. The molecule has 46 heavy (non-hydrogen) atoms. The number of piperidine rings is 1. The number of carbonyl (C=O) groups is 2. The predicted molar refractivity (Wildman–Crippen MR) is 160 cm³/mol. The molecule has 3 aliphatic heterocycles. The molecule has 14 heteroatoms. The van der Waals surface area contributed by atoms with E-state index in [1.165, 1.54) is 11.0 Å². The number of nitrogens with one attached hydrogen (secondary N) is 1. The molecule has 3 aliphatic rings. The molecule has 250 valence electrons. The molecule has 0 spiro atoms. The minimum atomic E-state index is -5.34. The number of alkyl halides is 6. The molecule has 0 radical (unpaired) electrons. The molecule has 3 fully saturated rings. The SMILES string of the molecule is O=C(/C=C/c1ccc(Sc2cccc(NC3CCN(C(=O)C4CCOCC4)CC3)c2)c(C(F)(F)F)c1C(F)(F)F)N1CCOCC1. The Labute approximate surface area is 267 Å². The van der Waals surface area contributed by atoms with E-state index in [1.807, 2.05) is 4.90 Å². The lowest BCUT2D eigenvalue weighted by atomic mass is 9.96. The molecule has 0 aliphatic carbocycles. The van der Waals surface area contributed by atoms with Gasteiger partial charge in [0.1, 0.15) is 0 Å². The maximum atomic E-state index is 14.3. The van der Waals surface area contributed by atoms with Crippen molar-refractivity contribution in [2.45, 2.75) is 53.9 Å². The van der Waals surface area contributed by atoms with Crippen molar-refractivity contribution in [2.75, 3.05) is 57.9 Å². The van der Waals surface area contributed by atoms with Crippen LogP contribution in [-0.4, -0.2) is 80.3 Å². The fraction of sp³-hybridized carbons (Fsp3) is 0.500. The summed E-state index contributed by atoms with van der Waals surface area (Å²) in [5.74, 6) is -0.484. The molecule has 2 aromatic rings. The second-order valence-electron chi connectivity index (χ2n) is 11.4. The number of morpholine rings is 1. The first-order valence-corrected chi connectivity index (χ1v) is 16.0. The first-order chi connectivity index (χ1) is 21.9. The Morgan fingerprint density at radius 3 is 2.11 bits per heavy atom. The topological polar surface area (TPSA) is 71.1 Å². The van der Waals surface area contributed by atoms with Crippen LogP contribution in [0.4, 0.5) is 32.0 Å². The van der Waals surface area contributed by atoms with Crippen molar-refractivity contribution in [3.63, 3.8) is 0 Å². The van der Waals surface area contributed by atoms with E-state index in [1.54, 1.807) is 18.2 Å². The van der Waals surface area contributed by atoms with Crippen molar-refractivity contribution < 1.29 is 45.4 Å². The molecule has 5 rings (SSSR count). The average Bonchev–Trinajstić information content (AvgIpc) is 3.04. The molecule has 2 amide bonds. The number of hydrogen-bond donors (Lipinski definition) is 1. The number of anilines is 1. The van der Waals surface area contributed by atoms with Crippen molar-refractivity contribution in [3.05, 3.63) is 59.2 Å². The lowest BCUT2D eigenvalue weighted by Gasteiger charge is -2.35. The number of nitrogens with zero attached hydrogens (tertiary/aromatic N) is 2. The number of rotatable bonds is 7. The zero-order chi connectivity index (χ0) is 32.9. The molecular formula is C32H35F6N3O4S. The van der Waals surface area contributed by atoms with Crippen LogP contribution >= 0.6 is 11.8 Å². The molecule has 0 unspecified atom stereocenters. The molecular weight excluding hydrogens is 636 g/mol. The standard InChI is InChI=1S/C32H35F6N3O4S/c33-31(34,35)28-21(5-7-27(42)40-14-18-45-19-15-40)4-6-26(29(28)32(36,37)38)46-25-3-1-2-24(20-25)39-23-8-12-41(13-9-23)30(43)22-10-16-44-17-11-22/h1-7,20,22-23,39H,8-19H2/b7-5+. The van der Waals surface area contributed by atoms with E-state index in [-0.39, 0.29) is 44.2 Å². The van der Waals surface area contributed by atoms with E-state index in [0.29, 0.717) is 61.5 Å². The predicted octanol–water partition coefficient (Wildman–Crippen LogP) is 6.58. The smallest absolute Gasteiger partial charge is 0.382 e. The lowest BCUT2D eigenvalue weighted by molar-refractivity contribution is -0.163. The second-order valence-corrected chi connectivity index (χ2v) is 12.5. The summed E-state index contributed by atoms with van der Waals surface area (Å²) in [6.07, 6.45) is -6.21. The van der Waals surface area contributed by atoms with Crippen LogP contribution < -0.4 is 5.32 Å². The van der Waals surface area contributed by atoms with E-state index < -0.39 is 39.8 Å². The highest BCUT2D eigenvalue weighted by atomic mass is 32.2. The van der Waals surface area contributed by atoms with Gasteiger partial charge in [0.2, 0.25) is 11.8 Å². The average molecular weight is 672 g/mol. The van der Waals surface area contributed by atoms with Gasteiger partial charge in [-0.15, -0.1) is 0 Å². The maximum absolute atomic E-state index is 14.3. The minimum absolute atomic E-state index is 0.0194. The second kappa shape index (κ2) is 14.7. The molecule has 0 aromatic heterocycles. The van der Waals surface area contributed by atoms with Gasteiger partial charge >= 0.3 is 12.4 Å². The van der Waals surface area contributed by atoms with Gasteiger partial charge in [0.05, 0.1) is 24.3 Å². The van der Waals surface area contributed by atoms with Crippen LogP contribution in [0.5, 0.6) is 0 Å². The van der Waals surface area contributed by atoms with Gasteiger partial charge in [-0.1, -0.05) is 23.9 Å². The van der Waals surface area contributed by atoms with E-state index >= 15 is 0 Å². The van der Waals surface area contributed by atoms with E-state index in [4.69, 9.17) is 9.47 Å². The van der Waals surface area contributed by atoms with Gasteiger partial charge in [0.15, 0.2) is 0 Å². The third kappa shape index (κ3) is 8.56. The van der Waals surface area contributed by atoms with Crippen LogP contribution in [0.2, 0.25) is 0 Å². The van der Waals surface area contributed by atoms with Gasteiger partial charge in [-0.2, -0.15) is 26.3 Å². The fourth-order valence-corrected chi connectivity index (χ4v) is 6.96. The number of likely N-dealkylation sites (tertiary alicyclic amines) is 1. The zero-order valence-corrected chi connectivity index (χ0v) is 25.8. The van der Waals surface area contributed by atoms with Gasteiger partial charge < -0.3 is 24.6 Å². The molecule has 2 aromatic carbocycles. The number of carbonyl (C=O) groups excluding carboxylic acids is 2. The molecule has 3 heterocycles. The molecule has 0 saturated carbocycles. The third-order valence-corrected chi connectivity index (χ3v) is 9.35. The minimum Gasteiger partial charge on any atom is -0.382 e. The molecule has 0 bridgehead atoms. The number of amides is 2. The van der Waals surface area contributed by atoms with Gasteiger partial charge in [-0.05, 0) is 61.6 Å². The lowest BCUT2D eigenvalue weighted by Crippen LogP contribution is -2.45. The summed E-state index contributed by atoms with van der Waals surface area (Å²) in [4.78, 5) is 28.3. The Morgan fingerprint density at radius 1 is 0.804 bits per heavy atom. The van der Waals surface area contributed by atoms with Crippen LogP contribution in [0.3, 0.4) is 0 Å². The number of hydrogen-bond acceptors (Lipinski definition) is 6. The van der Waals surface area contributed by atoms with Crippen molar-refractivity contribution in [3.8, 4) is 0 Å². The van der Waals surface area contributed by atoms with Gasteiger partial charge in [-0.3, -0.25) is 9.59 Å². The Hall–Kier alpha value is -3.23.